The Labute approximate surface area is 98.9 Å². The van der Waals surface area contributed by atoms with Crippen molar-refractivity contribution >= 4 is 23.5 Å². The molecule has 5 nitrogen and oxygen atoms in total. The first-order chi connectivity index (χ1) is 7.72. The van der Waals surface area contributed by atoms with Gasteiger partial charge in [0.1, 0.15) is 5.15 Å². The molecule has 0 aromatic carbocycles. The Hall–Kier alpha value is -1.17. The second kappa shape index (κ2) is 6.42. The van der Waals surface area contributed by atoms with Gasteiger partial charge >= 0.3 is 0 Å². The number of hydrogen-bond donors (Lipinski definition) is 3. The number of ether oxygens (including phenoxy) is 1. The Morgan fingerprint density at radius 1 is 1.69 bits per heavy atom. The van der Waals surface area contributed by atoms with Crippen LogP contribution in [0.15, 0.2) is 6.07 Å². The van der Waals surface area contributed by atoms with E-state index in [2.05, 4.69) is 10.3 Å². The number of nitrogens with zero attached hydrogens (tertiary/aromatic N) is 1. The normalized spacial score (nSPS) is 10.2. The minimum Gasteiger partial charge on any atom is -0.390 e. The largest absolute Gasteiger partial charge is 0.390 e. The molecule has 16 heavy (non-hydrogen) atoms. The molecule has 0 bridgehead atoms. The molecule has 6 heteroatoms. The van der Waals surface area contributed by atoms with E-state index in [9.17, 15) is 0 Å². The molecule has 1 aromatic rings. The summed E-state index contributed by atoms with van der Waals surface area (Å²) in [4.78, 5) is 3.99. The zero-order valence-corrected chi connectivity index (χ0v) is 9.71. The van der Waals surface area contributed by atoms with Gasteiger partial charge < -0.3 is 20.6 Å². The monoisotopic (exact) mass is 243 g/mol. The maximum Gasteiger partial charge on any atom is 0.130 e. The fourth-order valence-corrected chi connectivity index (χ4v) is 1.51. The second-order valence-electron chi connectivity index (χ2n) is 3.08. The van der Waals surface area contributed by atoms with E-state index in [-0.39, 0.29) is 11.8 Å². The van der Waals surface area contributed by atoms with Gasteiger partial charge in [-0.3, -0.25) is 0 Å². The van der Waals surface area contributed by atoms with Crippen LogP contribution < -0.4 is 5.32 Å². The van der Waals surface area contributed by atoms with Crippen LogP contribution in [0.1, 0.15) is 11.3 Å². The Morgan fingerprint density at radius 2 is 2.44 bits per heavy atom. The number of aliphatic hydroxyl groups is 1. The van der Waals surface area contributed by atoms with E-state index < -0.39 is 0 Å². The summed E-state index contributed by atoms with van der Waals surface area (Å²) in [5.74, 6) is 0. The maximum absolute atomic E-state index is 9.15. The fourth-order valence-electron chi connectivity index (χ4n) is 1.29. The molecule has 1 aromatic heterocycles. The summed E-state index contributed by atoms with van der Waals surface area (Å²) in [6, 6.07) is 1.57. The molecule has 0 aliphatic heterocycles. The Balaban J connectivity index is 2.97. The number of nitrogens with one attached hydrogen (secondary N) is 2. The average Bonchev–Trinajstić information content (AvgIpc) is 2.30. The first kappa shape index (κ1) is 12.9. The summed E-state index contributed by atoms with van der Waals surface area (Å²) in [6.45, 7) is 0.884. The number of pyridine rings is 1. The van der Waals surface area contributed by atoms with Crippen LogP contribution in [-0.2, 0) is 11.3 Å². The summed E-state index contributed by atoms with van der Waals surface area (Å²) in [5.41, 5.74) is 1.65. The first-order valence-electron chi connectivity index (χ1n) is 4.76. The molecule has 0 unspecified atom stereocenters. The van der Waals surface area contributed by atoms with Crippen molar-refractivity contribution < 1.29 is 9.84 Å². The molecular weight excluding hydrogens is 230 g/mol. The Bertz CT molecular complexity index is 371. The highest BCUT2D eigenvalue weighted by Gasteiger charge is 2.09. The van der Waals surface area contributed by atoms with E-state index in [0.717, 1.165) is 0 Å². The van der Waals surface area contributed by atoms with Crippen molar-refractivity contribution in [2.24, 2.45) is 0 Å². The van der Waals surface area contributed by atoms with E-state index in [0.29, 0.717) is 30.1 Å². The summed E-state index contributed by atoms with van der Waals surface area (Å²) in [6.07, 6.45) is 1.17. The predicted octanol–water partition coefficient (Wildman–Crippen LogP) is 1.28. The number of rotatable bonds is 6. The van der Waals surface area contributed by atoms with Crippen molar-refractivity contribution in [3.8, 4) is 0 Å². The number of aromatic nitrogens is 1. The molecule has 0 aliphatic rings. The summed E-state index contributed by atoms with van der Waals surface area (Å²) < 4.78 is 4.91. The zero-order valence-electron chi connectivity index (χ0n) is 8.96. The van der Waals surface area contributed by atoms with E-state index >= 15 is 0 Å². The number of anilines is 1. The molecule has 3 N–H and O–H groups in total. The molecule has 0 fully saturated rings. The minimum atomic E-state index is -0.225. The molecule has 1 rings (SSSR count). The molecule has 0 radical (unpaired) electrons. The van der Waals surface area contributed by atoms with Crippen LogP contribution in [0, 0.1) is 5.41 Å². The third-order valence-electron chi connectivity index (χ3n) is 2.01. The van der Waals surface area contributed by atoms with Gasteiger partial charge in [-0.25, -0.2) is 4.98 Å². The Morgan fingerprint density at radius 3 is 3.00 bits per heavy atom. The van der Waals surface area contributed by atoms with Crippen LogP contribution in [0.3, 0.4) is 0 Å². The number of methoxy groups -OCH3 is 1. The van der Waals surface area contributed by atoms with E-state index in [1.54, 1.807) is 13.2 Å². The van der Waals surface area contributed by atoms with Crippen molar-refractivity contribution in [3.05, 3.63) is 22.5 Å². The predicted molar refractivity (Wildman–Crippen MR) is 63.4 cm³/mol. The highest BCUT2D eigenvalue weighted by Crippen LogP contribution is 2.21. The lowest BCUT2D eigenvalue weighted by Crippen LogP contribution is -2.12. The van der Waals surface area contributed by atoms with Crippen LogP contribution in [0.25, 0.3) is 0 Å². The van der Waals surface area contributed by atoms with Crippen molar-refractivity contribution in [1.29, 1.82) is 5.41 Å². The van der Waals surface area contributed by atoms with Gasteiger partial charge in [0.05, 0.1) is 24.6 Å². The van der Waals surface area contributed by atoms with E-state index in [1.807, 2.05) is 0 Å². The third-order valence-corrected chi connectivity index (χ3v) is 2.20. The van der Waals surface area contributed by atoms with Gasteiger partial charge in [0, 0.05) is 25.4 Å². The van der Waals surface area contributed by atoms with Gasteiger partial charge in [-0.05, 0) is 6.07 Å². The highest BCUT2D eigenvalue weighted by atomic mass is 35.5. The van der Waals surface area contributed by atoms with Gasteiger partial charge in [0.15, 0.2) is 0 Å². The lowest BCUT2D eigenvalue weighted by molar-refractivity contribution is 0.210. The molecular formula is C10H14ClN3O2. The zero-order chi connectivity index (χ0) is 12.0. The van der Waals surface area contributed by atoms with Gasteiger partial charge in [0.25, 0.3) is 0 Å². The van der Waals surface area contributed by atoms with Gasteiger partial charge in [0.2, 0.25) is 0 Å². The van der Waals surface area contributed by atoms with Crippen LogP contribution in [0.5, 0.6) is 0 Å². The van der Waals surface area contributed by atoms with Gasteiger partial charge in [-0.15, -0.1) is 0 Å². The van der Waals surface area contributed by atoms with Crippen LogP contribution in [0.2, 0.25) is 5.15 Å². The smallest absolute Gasteiger partial charge is 0.130 e. The highest BCUT2D eigenvalue weighted by molar-refractivity contribution is 6.29. The van der Waals surface area contributed by atoms with Crippen molar-refractivity contribution in [3.63, 3.8) is 0 Å². The van der Waals surface area contributed by atoms with Gasteiger partial charge in [-0.2, -0.15) is 0 Å². The van der Waals surface area contributed by atoms with Crippen molar-refractivity contribution in [1.82, 2.24) is 4.98 Å². The lowest BCUT2D eigenvalue weighted by Gasteiger charge is -2.12. The molecule has 1 heterocycles. The van der Waals surface area contributed by atoms with Crippen LogP contribution >= 0.6 is 11.6 Å². The second-order valence-corrected chi connectivity index (χ2v) is 3.47. The number of halogens is 1. The van der Waals surface area contributed by atoms with E-state index in [1.165, 1.54) is 6.21 Å². The topological polar surface area (TPSA) is 78.2 Å². The summed E-state index contributed by atoms with van der Waals surface area (Å²) in [5, 5.41) is 19.7. The van der Waals surface area contributed by atoms with Crippen molar-refractivity contribution in [2.45, 2.75) is 6.61 Å². The SMILES string of the molecule is COCCNc1c(C=N)cc(Cl)nc1CO. The minimum absolute atomic E-state index is 0.225. The van der Waals surface area contributed by atoms with Gasteiger partial charge in [-0.1, -0.05) is 11.6 Å². The fraction of sp³-hybridized carbons (Fsp3) is 0.400. The number of hydrogen-bond acceptors (Lipinski definition) is 5. The lowest BCUT2D eigenvalue weighted by atomic mass is 10.2. The third kappa shape index (κ3) is 3.16. The summed E-state index contributed by atoms with van der Waals surface area (Å²) >= 11 is 5.76. The van der Waals surface area contributed by atoms with E-state index in [4.69, 9.17) is 26.9 Å². The first-order valence-corrected chi connectivity index (χ1v) is 5.14. The molecule has 0 saturated heterocycles. The standard InChI is InChI=1S/C10H14ClN3O2/c1-16-3-2-13-10-7(5-12)4-9(11)14-8(10)6-15/h4-5,12-13,15H,2-3,6H2,1H3. The summed E-state index contributed by atoms with van der Waals surface area (Å²) in [7, 11) is 1.60. The molecule has 0 saturated carbocycles. The number of aliphatic hydroxyl groups excluding tert-OH is 1. The van der Waals surface area contributed by atoms with Crippen LogP contribution in [0.4, 0.5) is 5.69 Å². The molecule has 88 valence electrons. The molecule has 0 atom stereocenters. The molecule has 0 amide bonds. The quantitative estimate of drug-likeness (QED) is 0.400. The van der Waals surface area contributed by atoms with Crippen molar-refractivity contribution in [2.75, 3.05) is 25.6 Å². The molecule has 0 aliphatic carbocycles. The van der Waals surface area contributed by atoms with Crippen LogP contribution in [-0.4, -0.2) is 36.6 Å². The average molecular weight is 244 g/mol. The maximum atomic E-state index is 9.15. The Kier molecular flexibility index (Phi) is 5.18. The molecule has 0 spiro atoms.